The van der Waals surface area contributed by atoms with Gasteiger partial charge in [0.25, 0.3) is 0 Å². The lowest BCUT2D eigenvalue weighted by Crippen LogP contribution is -2.13. The minimum atomic E-state index is -0.175. The summed E-state index contributed by atoms with van der Waals surface area (Å²) in [5, 5.41) is 0. The lowest BCUT2D eigenvalue weighted by molar-refractivity contribution is -0.145. The van der Waals surface area contributed by atoms with Crippen molar-refractivity contribution in [3.8, 4) is 0 Å². The molecule has 0 aliphatic heterocycles. The smallest absolute Gasteiger partial charge is 0.306 e. The number of esters is 2. The fraction of sp³-hybridized carbons (Fsp3) is 0.909. The van der Waals surface area contributed by atoms with Gasteiger partial charge in [0.15, 0.2) is 0 Å². The van der Waals surface area contributed by atoms with Gasteiger partial charge in [0, 0.05) is 24.7 Å². The normalized spacial score (nSPS) is 11.1. The van der Waals surface area contributed by atoms with Crippen LogP contribution in [0.15, 0.2) is 0 Å². The molecule has 0 rings (SSSR count). The van der Waals surface area contributed by atoms with Crippen molar-refractivity contribution in [2.45, 2.75) is 69.8 Å². The van der Waals surface area contributed by atoms with Crippen molar-refractivity contribution in [1.29, 1.82) is 0 Å². The van der Waals surface area contributed by atoms with Gasteiger partial charge in [-0.1, -0.05) is 34.1 Å². The van der Waals surface area contributed by atoms with Crippen LogP contribution in [0.2, 0.25) is 0 Å². The molecule has 1 unspecified atom stereocenters. The Hall–Kier alpha value is 0.340. The molecule has 0 heterocycles. The summed E-state index contributed by atoms with van der Waals surface area (Å²) in [6.07, 6.45) is 8.14. The zero-order valence-corrected chi connectivity index (χ0v) is 23.5. The number of hydrogen-bond donors (Lipinski definition) is 0. The first kappa shape index (κ1) is 32.3. The SMILES string of the molecule is CCOCCOC(=O)CCSC(CCCCCCCSP)SCCC(=O)OCCOCC. The first-order valence-electron chi connectivity index (χ1n) is 11.7. The van der Waals surface area contributed by atoms with Gasteiger partial charge in [0.1, 0.15) is 13.2 Å². The van der Waals surface area contributed by atoms with E-state index in [1.807, 2.05) is 25.2 Å². The molecule has 10 heteroatoms. The molecular formula is C22H43O6PS3. The van der Waals surface area contributed by atoms with Gasteiger partial charge in [-0.2, -0.15) is 0 Å². The van der Waals surface area contributed by atoms with Gasteiger partial charge in [-0.15, -0.1) is 34.9 Å². The van der Waals surface area contributed by atoms with E-state index < -0.39 is 0 Å². The first-order chi connectivity index (χ1) is 15.6. The molecule has 0 aromatic carbocycles. The molecule has 0 aromatic rings. The summed E-state index contributed by atoms with van der Waals surface area (Å²) in [4.78, 5) is 23.7. The maximum absolute atomic E-state index is 11.9. The molecule has 32 heavy (non-hydrogen) atoms. The second kappa shape index (κ2) is 26.0. The van der Waals surface area contributed by atoms with E-state index in [9.17, 15) is 9.59 Å². The number of unbranched alkanes of at least 4 members (excludes halogenated alkanes) is 4. The topological polar surface area (TPSA) is 71.1 Å². The van der Waals surface area contributed by atoms with Crippen LogP contribution >= 0.6 is 43.3 Å². The van der Waals surface area contributed by atoms with Crippen LogP contribution in [-0.4, -0.2) is 73.4 Å². The number of carbonyl (C=O) groups excluding carboxylic acids is 2. The lowest BCUT2D eigenvalue weighted by Gasteiger charge is -2.16. The molecule has 0 bridgehead atoms. The molecule has 0 aliphatic rings. The lowest BCUT2D eigenvalue weighted by atomic mass is 10.1. The average molecular weight is 531 g/mol. The summed E-state index contributed by atoms with van der Waals surface area (Å²) in [7, 11) is 2.71. The number of ether oxygens (including phenoxy) is 4. The highest BCUT2D eigenvalue weighted by Crippen LogP contribution is 2.30. The van der Waals surface area contributed by atoms with Gasteiger partial charge in [0.05, 0.1) is 30.6 Å². The Kier molecular flexibility index (Phi) is 26.2. The molecule has 6 nitrogen and oxygen atoms in total. The first-order valence-corrected chi connectivity index (χ1v) is 16.2. The molecule has 0 N–H and O–H groups in total. The van der Waals surface area contributed by atoms with E-state index in [0.29, 0.717) is 57.1 Å². The predicted molar refractivity (Wildman–Crippen MR) is 143 cm³/mol. The highest BCUT2D eigenvalue weighted by atomic mass is 32.7. The molecule has 0 radical (unpaired) electrons. The molecule has 0 aliphatic carbocycles. The molecule has 0 fully saturated rings. The Bertz CT molecular complexity index is 416. The van der Waals surface area contributed by atoms with Crippen LogP contribution in [0.5, 0.6) is 0 Å². The van der Waals surface area contributed by atoms with Crippen LogP contribution in [0.25, 0.3) is 0 Å². The molecule has 1 atom stereocenters. The minimum absolute atomic E-state index is 0.175. The fourth-order valence-electron chi connectivity index (χ4n) is 2.65. The van der Waals surface area contributed by atoms with E-state index in [1.165, 1.54) is 37.9 Å². The number of carbonyl (C=O) groups is 2. The van der Waals surface area contributed by atoms with Crippen LogP contribution < -0.4 is 0 Å². The van der Waals surface area contributed by atoms with Crippen LogP contribution in [0.3, 0.4) is 0 Å². The van der Waals surface area contributed by atoms with E-state index in [4.69, 9.17) is 18.9 Å². The van der Waals surface area contributed by atoms with Crippen molar-refractivity contribution in [1.82, 2.24) is 0 Å². The van der Waals surface area contributed by atoms with E-state index >= 15 is 0 Å². The predicted octanol–water partition coefficient (Wildman–Crippen LogP) is 5.58. The van der Waals surface area contributed by atoms with Crippen molar-refractivity contribution in [2.24, 2.45) is 0 Å². The third-order valence-corrected chi connectivity index (χ3v) is 8.45. The van der Waals surface area contributed by atoms with Gasteiger partial charge in [-0.25, -0.2) is 0 Å². The maximum atomic E-state index is 11.9. The molecular weight excluding hydrogens is 487 g/mol. The Labute approximate surface area is 210 Å². The van der Waals surface area contributed by atoms with Crippen molar-refractivity contribution in [2.75, 3.05) is 56.9 Å². The van der Waals surface area contributed by atoms with Gasteiger partial charge < -0.3 is 18.9 Å². The van der Waals surface area contributed by atoms with E-state index in [0.717, 1.165) is 17.9 Å². The van der Waals surface area contributed by atoms with Crippen molar-refractivity contribution in [3.05, 3.63) is 0 Å². The zero-order chi connectivity index (χ0) is 23.7. The van der Waals surface area contributed by atoms with Crippen LogP contribution in [0, 0.1) is 0 Å². The molecule has 0 saturated heterocycles. The third-order valence-electron chi connectivity index (χ3n) is 4.31. The Morgan fingerprint density at radius 3 is 1.72 bits per heavy atom. The summed E-state index contributed by atoms with van der Waals surface area (Å²) >= 11 is 5.42. The van der Waals surface area contributed by atoms with Crippen LogP contribution in [0.1, 0.15) is 65.2 Å². The molecule has 0 aromatic heterocycles. The maximum Gasteiger partial charge on any atom is 0.306 e. The third kappa shape index (κ3) is 23.5. The van der Waals surface area contributed by atoms with E-state index in [-0.39, 0.29) is 11.9 Å². The summed E-state index contributed by atoms with van der Waals surface area (Å²) in [5.41, 5.74) is 0. The van der Waals surface area contributed by atoms with E-state index in [2.05, 4.69) is 8.44 Å². The second-order valence-electron chi connectivity index (χ2n) is 6.93. The number of rotatable bonds is 24. The van der Waals surface area contributed by atoms with Crippen molar-refractivity contribution < 1.29 is 28.5 Å². The Balaban J connectivity index is 4.12. The summed E-state index contributed by atoms with van der Waals surface area (Å²) in [5.74, 6) is 2.32. The molecule has 190 valence electrons. The molecule has 0 amide bonds. The Morgan fingerprint density at radius 1 is 0.719 bits per heavy atom. The minimum Gasteiger partial charge on any atom is -0.463 e. The number of thioether (sulfide) groups is 2. The highest BCUT2D eigenvalue weighted by molar-refractivity contribution is 8.43. The van der Waals surface area contributed by atoms with Crippen LogP contribution in [0.4, 0.5) is 0 Å². The van der Waals surface area contributed by atoms with Gasteiger partial charge in [0.2, 0.25) is 0 Å². The summed E-state index contributed by atoms with van der Waals surface area (Å²) < 4.78 is 21.1. The van der Waals surface area contributed by atoms with Gasteiger partial charge >= 0.3 is 11.9 Å². The van der Waals surface area contributed by atoms with Gasteiger partial charge in [-0.05, 0) is 32.4 Å². The standard InChI is InChI=1S/C22H43O6PS3/c1-3-25-13-15-27-20(23)11-18-30-22(10-8-6-5-7-9-17-32-29)31-19-12-21(24)28-16-14-26-4-2/h22H,3-19,29H2,1-2H3. The number of hydrogen-bond acceptors (Lipinski definition) is 9. The average Bonchev–Trinajstić information content (AvgIpc) is 2.78. The molecule has 0 spiro atoms. The fourth-order valence-corrected chi connectivity index (χ4v) is 6.25. The summed E-state index contributed by atoms with van der Waals surface area (Å²) in [6.45, 7) is 6.62. The largest absolute Gasteiger partial charge is 0.463 e. The van der Waals surface area contributed by atoms with Crippen molar-refractivity contribution >= 4 is 55.3 Å². The second-order valence-corrected chi connectivity index (χ2v) is 11.6. The molecule has 0 saturated carbocycles. The Morgan fingerprint density at radius 2 is 1.22 bits per heavy atom. The van der Waals surface area contributed by atoms with E-state index in [1.54, 1.807) is 23.5 Å². The zero-order valence-electron chi connectivity index (χ0n) is 19.8. The quantitative estimate of drug-likeness (QED) is 0.0688. The van der Waals surface area contributed by atoms with Crippen molar-refractivity contribution in [3.63, 3.8) is 0 Å². The monoisotopic (exact) mass is 530 g/mol. The van der Waals surface area contributed by atoms with Gasteiger partial charge in [-0.3, -0.25) is 9.59 Å². The summed E-state index contributed by atoms with van der Waals surface area (Å²) in [6, 6.07) is 0. The van der Waals surface area contributed by atoms with Crippen LogP contribution in [-0.2, 0) is 28.5 Å². The highest BCUT2D eigenvalue weighted by Gasteiger charge is 2.13.